The quantitative estimate of drug-likeness (QED) is 0.417. The zero-order valence-electron chi connectivity index (χ0n) is 21.3. The lowest BCUT2D eigenvalue weighted by atomic mass is 10.1. The highest BCUT2D eigenvalue weighted by Crippen LogP contribution is 2.33. The number of hydrogen-bond donors (Lipinski definition) is 1. The highest BCUT2D eigenvalue weighted by Gasteiger charge is 2.24. The monoisotopic (exact) mass is 476 g/mol. The molecular formula is C26H32N6O3. The van der Waals surface area contributed by atoms with Crippen molar-refractivity contribution in [2.75, 3.05) is 26.5 Å². The van der Waals surface area contributed by atoms with Crippen molar-refractivity contribution >= 4 is 28.5 Å². The number of pyridine rings is 1. The van der Waals surface area contributed by atoms with Crippen LogP contribution in [-0.4, -0.2) is 57.1 Å². The fourth-order valence-corrected chi connectivity index (χ4v) is 3.88. The third kappa shape index (κ3) is 5.46. The lowest BCUT2D eigenvalue weighted by molar-refractivity contribution is 0.0547. The first-order chi connectivity index (χ1) is 16.5. The first kappa shape index (κ1) is 24.3. The van der Waals surface area contributed by atoms with E-state index in [1.165, 1.54) is 0 Å². The van der Waals surface area contributed by atoms with Gasteiger partial charge in [0.05, 0.1) is 30.2 Å². The van der Waals surface area contributed by atoms with Gasteiger partial charge in [0.15, 0.2) is 0 Å². The highest BCUT2D eigenvalue weighted by atomic mass is 16.6. The Morgan fingerprint density at radius 3 is 2.54 bits per heavy atom. The zero-order valence-corrected chi connectivity index (χ0v) is 21.3. The molecule has 3 heterocycles. The Labute approximate surface area is 205 Å². The van der Waals surface area contributed by atoms with E-state index in [1.807, 2.05) is 78.4 Å². The van der Waals surface area contributed by atoms with Gasteiger partial charge >= 0.3 is 6.09 Å². The maximum Gasteiger partial charge on any atom is 0.419 e. The van der Waals surface area contributed by atoms with Crippen LogP contribution < -0.4 is 10.1 Å². The average Bonchev–Trinajstić information content (AvgIpc) is 3.36. The average molecular weight is 477 g/mol. The van der Waals surface area contributed by atoms with Crippen molar-refractivity contribution in [3.05, 3.63) is 54.5 Å². The summed E-state index contributed by atoms with van der Waals surface area (Å²) in [6.45, 7) is 6.35. The van der Waals surface area contributed by atoms with Gasteiger partial charge in [-0.2, -0.15) is 5.10 Å². The van der Waals surface area contributed by atoms with Gasteiger partial charge < -0.3 is 19.7 Å². The number of nitrogens with one attached hydrogen (secondary N) is 1. The van der Waals surface area contributed by atoms with Crippen molar-refractivity contribution < 1.29 is 14.3 Å². The molecule has 0 amide bonds. The van der Waals surface area contributed by atoms with Crippen LogP contribution in [0.4, 0.5) is 16.3 Å². The number of fused-ring (bicyclic) bond motifs is 1. The number of methoxy groups -OCH3 is 1. The second-order valence-electron chi connectivity index (χ2n) is 9.77. The largest absolute Gasteiger partial charge is 0.495 e. The molecule has 3 aromatic heterocycles. The van der Waals surface area contributed by atoms with Crippen molar-refractivity contribution in [3.8, 4) is 17.0 Å². The van der Waals surface area contributed by atoms with Crippen LogP contribution in [0.1, 0.15) is 26.3 Å². The molecule has 4 aromatic rings. The van der Waals surface area contributed by atoms with E-state index in [4.69, 9.17) is 9.47 Å². The normalized spacial score (nSPS) is 11.8. The topological polar surface area (TPSA) is 86.4 Å². The van der Waals surface area contributed by atoms with E-state index in [2.05, 4.69) is 20.3 Å². The lowest BCUT2D eigenvalue weighted by Gasteiger charge is -2.21. The summed E-state index contributed by atoms with van der Waals surface area (Å²) < 4.78 is 14.6. The Morgan fingerprint density at radius 2 is 1.91 bits per heavy atom. The zero-order chi connectivity index (χ0) is 25.3. The number of ether oxygens (including phenoxy) is 2. The van der Waals surface area contributed by atoms with Gasteiger partial charge in [0.1, 0.15) is 17.2 Å². The summed E-state index contributed by atoms with van der Waals surface area (Å²) in [5.74, 6) is 1.29. The minimum absolute atomic E-state index is 0.464. The number of benzene rings is 1. The molecule has 0 aliphatic carbocycles. The van der Waals surface area contributed by atoms with Crippen molar-refractivity contribution in [2.24, 2.45) is 7.05 Å². The standard InChI is InChI=1S/C26H32N6O3/c1-26(2,3)35-25(33)32-21(19-14-28-31(6)16-19)11-18-13-27-24(12-22(18)32)29-20-9-8-17(15-30(4)5)10-23(20)34-7/h8-14,16H,15H2,1-7H3,(H,27,29). The van der Waals surface area contributed by atoms with Crippen molar-refractivity contribution in [3.63, 3.8) is 0 Å². The number of anilines is 2. The molecule has 0 radical (unpaired) electrons. The molecule has 0 aliphatic heterocycles. The number of aryl methyl sites for hydroxylation is 1. The van der Waals surface area contributed by atoms with Crippen LogP contribution in [-0.2, 0) is 18.3 Å². The molecule has 0 unspecified atom stereocenters. The van der Waals surface area contributed by atoms with E-state index >= 15 is 0 Å². The first-order valence-corrected chi connectivity index (χ1v) is 11.4. The molecule has 0 spiro atoms. The van der Waals surface area contributed by atoms with Gasteiger partial charge in [-0.3, -0.25) is 4.68 Å². The molecule has 9 heteroatoms. The van der Waals surface area contributed by atoms with Gasteiger partial charge in [-0.05, 0) is 58.6 Å². The number of hydrogen-bond acceptors (Lipinski definition) is 7. The van der Waals surface area contributed by atoms with Gasteiger partial charge in [0.2, 0.25) is 0 Å². The van der Waals surface area contributed by atoms with E-state index in [0.29, 0.717) is 22.8 Å². The summed E-state index contributed by atoms with van der Waals surface area (Å²) in [6.07, 6.45) is 4.86. The molecule has 0 bridgehead atoms. The third-order valence-corrected chi connectivity index (χ3v) is 5.29. The van der Waals surface area contributed by atoms with Gasteiger partial charge in [-0.25, -0.2) is 14.3 Å². The van der Waals surface area contributed by atoms with Crippen LogP contribution in [0.3, 0.4) is 0 Å². The Hall–Kier alpha value is -3.85. The summed E-state index contributed by atoms with van der Waals surface area (Å²) in [5, 5.41) is 8.41. The summed E-state index contributed by atoms with van der Waals surface area (Å²) in [4.78, 5) is 20.0. The van der Waals surface area contributed by atoms with Gasteiger partial charge in [-0.1, -0.05) is 6.07 Å². The van der Waals surface area contributed by atoms with Crippen molar-refractivity contribution in [2.45, 2.75) is 32.9 Å². The molecule has 4 rings (SSSR count). The maximum atomic E-state index is 13.3. The van der Waals surface area contributed by atoms with Crippen LogP contribution in [0.25, 0.3) is 22.2 Å². The number of rotatable bonds is 6. The fourth-order valence-electron chi connectivity index (χ4n) is 3.88. The molecule has 1 aromatic carbocycles. The molecule has 9 nitrogen and oxygen atoms in total. The van der Waals surface area contributed by atoms with E-state index in [1.54, 1.807) is 28.8 Å². The summed E-state index contributed by atoms with van der Waals surface area (Å²) in [6, 6.07) is 9.78. The lowest BCUT2D eigenvalue weighted by Crippen LogP contribution is -2.27. The van der Waals surface area contributed by atoms with Gasteiger partial charge in [-0.15, -0.1) is 0 Å². The first-order valence-electron chi connectivity index (χ1n) is 11.4. The SMILES string of the molecule is COc1cc(CN(C)C)ccc1Nc1cc2c(cn1)cc(-c1cnn(C)c1)n2C(=O)OC(C)(C)C. The van der Waals surface area contributed by atoms with Crippen LogP contribution in [0.2, 0.25) is 0 Å². The van der Waals surface area contributed by atoms with Gasteiger partial charge in [0, 0.05) is 43.0 Å². The second-order valence-corrected chi connectivity index (χ2v) is 9.77. The van der Waals surface area contributed by atoms with Gasteiger partial charge in [0.25, 0.3) is 0 Å². The predicted molar refractivity (Wildman–Crippen MR) is 137 cm³/mol. The van der Waals surface area contributed by atoms with E-state index in [-0.39, 0.29) is 0 Å². The second kappa shape index (κ2) is 9.42. The van der Waals surface area contributed by atoms with Crippen LogP contribution in [0, 0.1) is 0 Å². The number of carbonyl (C=O) groups excluding carboxylic acids is 1. The maximum absolute atomic E-state index is 13.3. The molecule has 35 heavy (non-hydrogen) atoms. The van der Waals surface area contributed by atoms with Crippen LogP contribution in [0.5, 0.6) is 5.75 Å². The molecule has 0 atom stereocenters. The van der Waals surface area contributed by atoms with Crippen molar-refractivity contribution in [1.29, 1.82) is 0 Å². The van der Waals surface area contributed by atoms with Crippen molar-refractivity contribution in [1.82, 2.24) is 24.2 Å². The molecular weight excluding hydrogens is 444 g/mol. The van der Waals surface area contributed by atoms with E-state index in [9.17, 15) is 4.79 Å². The Bertz CT molecular complexity index is 1360. The van der Waals surface area contributed by atoms with Crippen LogP contribution in [0.15, 0.2) is 48.9 Å². The summed E-state index contributed by atoms with van der Waals surface area (Å²) in [5.41, 5.74) is 3.45. The minimum atomic E-state index is -0.643. The molecule has 1 N–H and O–H groups in total. The Morgan fingerprint density at radius 1 is 1.14 bits per heavy atom. The fraction of sp³-hybridized carbons (Fsp3) is 0.346. The minimum Gasteiger partial charge on any atom is -0.495 e. The molecule has 0 saturated heterocycles. The molecule has 0 fully saturated rings. The Kier molecular flexibility index (Phi) is 6.53. The number of nitrogens with zero attached hydrogens (tertiary/aromatic N) is 5. The predicted octanol–water partition coefficient (Wildman–Crippen LogP) is 5.03. The van der Waals surface area contributed by atoms with E-state index < -0.39 is 11.7 Å². The highest BCUT2D eigenvalue weighted by molar-refractivity contribution is 5.97. The molecule has 0 saturated carbocycles. The molecule has 0 aliphatic rings. The number of aromatic nitrogens is 4. The smallest absolute Gasteiger partial charge is 0.419 e. The van der Waals surface area contributed by atoms with Crippen LogP contribution >= 0.6 is 0 Å². The summed E-state index contributed by atoms with van der Waals surface area (Å²) >= 11 is 0. The third-order valence-electron chi connectivity index (χ3n) is 5.29. The Balaban J connectivity index is 1.76. The number of carbonyl (C=O) groups is 1. The van der Waals surface area contributed by atoms with E-state index in [0.717, 1.165) is 28.7 Å². The summed E-state index contributed by atoms with van der Waals surface area (Å²) in [7, 11) is 7.53. The molecule has 184 valence electrons.